The van der Waals surface area contributed by atoms with Crippen molar-refractivity contribution in [3.8, 4) is 0 Å². The van der Waals surface area contributed by atoms with Gasteiger partial charge in [-0.05, 0) is 48.7 Å². The minimum atomic E-state index is -0.159. The van der Waals surface area contributed by atoms with Crippen molar-refractivity contribution < 1.29 is 4.39 Å². The van der Waals surface area contributed by atoms with Crippen LogP contribution in [-0.4, -0.2) is 16.4 Å². The molecular formula is C19H20ClFN2. The van der Waals surface area contributed by atoms with Crippen LogP contribution in [0.25, 0.3) is 10.9 Å². The molecule has 2 nitrogen and oxygen atoms in total. The van der Waals surface area contributed by atoms with Crippen LogP contribution in [0.1, 0.15) is 23.2 Å². The number of nitrogens with zero attached hydrogens (tertiary/aromatic N) is 1. The Morgan fingerprint density at radius 1 is 1.09 bits per heavy atom. The van der Waals surface area contributed by atoms with Crippen LogP contribution >= 0.6 is 12.4 Å². The predicted molar refractivity (Wildman–Crippen MR) is 94.4 cm³/mol. The van der Waals surface area contributed by atoms with Gasteiger partial charge in [0.05, 0.1) is 0 Å². The molecule has 1 N–H and O–H groups in total. The zero-order valence-electron chi connectivity index (χ0n) is 12.9. The van der Waals surface area contributed by atoms with E-state index in [0.717, 1.165) is 43.4 Å². The predicted octanol–water partition coefficient (Wildman–Crippen LogP) is 4.68. The SMILES string of the molecule is Cl.Fc1ccc2[nH]c3c(c2c1)CN(Cc1ccccc1)CCC3. The number of hydrogen-bond donors (Lipinski definition) is 1. The lowest BCUT2D eigenvalue weighted by molar-refractivity contribution is 0.262. The summed E-state index contributed by atoms with van der Waals surface area (Å²) in [6.07, 6.45) is 2.17. The van der Waals surface area contributed by atoms with E-state index >= 15 is 0 Å². The average Bonchev–Trinajstić information content (AvgIpc) is 2.73. The second-order valence-electron chi connectivity index (χ2n) is 6.07. The Labute approximate surface area is 141 Å². The third-order valence-corrected chi connectivity index (χ3v) is 4.49. The Morgan fingerprint density at radius 3 is 2.74 bits per heavy atom. The first kappa shape index (κ1) is 16.0. The Kier molecular flexibility index (Phi) is 4.69. The van der Waals surface area contributed by atoms with Crippen LogP contribution < -0.4 is 0 Å². The molecule has 0 fully saturated rings. The van der Waals surface area contributed by atoms with E-state index in [1.54, 1.807) is 6.07 Å². The van der Waals surface area contributed by atoms with Crippen LogP contribution in [0.4, 0.5) is 4.39 Å². The molecule has 2 aromatic carbocycles. The standard InChI is InChI=1S/C19H19FN2.ClH/c20-15-8-9-19-16(11-15)17-13-22(10-4-7-18(17)21-19)12-14-5-2-1-3-6-14;/h1-3,5-6,8-9,11,21H,4,7,10,12-13H2;1H. The van der Waals surface area contributed by atoms with Crippen LogP contribution in [0.2, 0.25) is 0 Å². The molecule has 1 aliphatic heterocycles. The Balaban J connectivity index is 0.00000156. The number of rotatable bonds is 2. The van der Waals surface area contributed by atoms with Crippen molar-refractivity contribution in [3.63, 3.8) is 0 Å². The number of hydrogen-bond acceptors (Lipinski definition) is 1. The first-order chi connectivity index (χ1) is 10.8. The van der Waals surface area contributed by atoms with Crippen molar-refractivity contribution in [2.24, 2.45) is 0 Å². The summed E-state index contributed by atoms with van der Waals surface area (Å²) in [7, 11) is 0. The molecule has 1 aromatic heterocycles. The number of nitrogens with one attached hydrogen (secondary N) is 1. The maximum Gasteiger partial charge on any atom is 0.123 e. The third kappa shape index (κ3) is 3.26. The molecule has 120 valence electrons. The molecule has 0 saturated heterocycles. The molecular weight excluding hydrogens is 311 g/mol. The van der Waals surface area contributed by atoms with Gasteiger partial charge in [-0.25, -0.2) is 4.39 Å². The fourth-order valence-electron chi connectivity index (χ4n) is 3.43. The number of aromatic nitrogens is 1. The molecule has 0 amide bonds. The monoisotopic (exact) mass is 330 g/mol. The summed E-state index contributed by atoms with van der Waals surface area (Å²) in [6.45, 7) is 2.91. The van der Waals surface area contributed by atoms with E-state index in [0.29, 0.717) is 0 Å². The Morgan fingerprint density at radius 2 is 1.91 bits per heavy atom. The zero-order chi connectivity index (χ0) is 14.9. The second-order valence-corrected chi connectivity index (χ2v) is 6.07. The van der Waals surface area contributed by atoms with E-state index in [1.165, 1.54) is 22.9 Å². The molecule has 1 aliphatic rings. The third-order valence-electron chi connectivity index (χ3n) is 4.49. The van der Waals surface area contributed by atoms with Gasteiger partial charge in [0.25, 0.3) is 0 Å². The van der Waals surface area contributed by atoms with Crippen LogP contribution in [-0.2, 0) is 19.5 Å². The van der Waals surface area contributed by atoms with Gasteiger partial charge in [0.1, 0.15) is 5.82 Å². The lowest BCUT2D eigenvalue weighted by Gasteiger charge is -2.20. The molecule has 0 radical (unpaired) electrons. The van der Waals surface area contributed by atoms with Crippen molar-refractivity contribution >= 4 is 23.3 Å². The summed E-state index contributed by atoms with van der Waals surface area (Å²) in [4.78, 5) is 5.93. The Bertz CT molecular complexity index is 798. The van der Waals surface area contributed by atoms with Crippen molar-refractivity contribution in [1.29, 1.82) is 0 Å². The Hall–Kier alpha value is -1.84. The van der Waals surface area contributed by atoms with E-state index in [2.05, 4.69) is 34.1 Å². The largest absolute Gasteiger partial charge is 0.358 e. The topological polar surface area (TPSA) is 19.0 Å². The number of aryl methyl sites for hydroxylation is 1. The lowest BCUT2D eigenvalue weighted by atomic mass is 10.1. The van der Waals surface area contributed by atoms with E-state index < -0.39 is 0 Å². The fraction of sp³-hybridized carbons (Fsp3) is 0.263. The molecule has 0 aliphatic carbocycles. The van der Waals surface area contributed by atoms with Gasteiger partial charge in [0.15, 0.2) is 0 Å². The van der Waals surface area contributed by atoms with Crippen LogP contribution in [0.5, 0.6) is 0 Å². The first-order valence-electron chi connectivity index (χ1n) is 7.85. The number of fused-ring (bicyclic) bond motifs is 3. The van der Waals surface area contributed by atoms with Gasteiger partial charge in [-0.1, -0.05) is 30.3 Å². The maximum absolute atomic E-state index is 13.6. The summed E-state index contributed by atoms with van der Waals surface area (Å²) in [5.41, 5.74) is 4.92. The quantitative estimate of drug-likeness (QED) is 0.723. The number of aromatic amines is 1. The van der Waals surface area contributed by atoms with Crippen LogP contribution in [0, 0.1) is 5.82 Å². The summed E-state index contributed by atoms with van der Waals surface area (Å²) in [5, 5.41) is 1.04. The van der Waals surface area contributed by atoms with E-state index in [4.69, 9.17) is 0 Å². The smallest absolute Gasteiger partial charge is 0.123 e. The van der Waals surface area contributed by atoms with Gasteiger partial charge < -0.3 is 4.98 Å². The van der Waals surface area contributed by atoms with Crippen molar-refractivity contribution in [2.75, 3.05) is 6.54 Å². The molecule has 2 heterocycles. The van der Waals surface area contributed by atoms with Gasteiger partial charge >= 0.3 is 0 Å². The van der Waals surface area contributed by atoms with Gasteiger partial charge in [-0.15, -0.1) is 12.4 Å². The molecule has 0 saturated carbocycles. The van der Waals surface area contributed by atoms with Crippen molar-refractivity contribution in [1.82, 2.24) is 9.88 Å². The summed E-state index contributed by atoms with van der Waals surface area (Å²) < 4.78 is 13.6. The molecule has 3 aromatic rings. The zero-order valence-corrected chi connectivity index (χ0v) is 13.7. The first-order valence-corrected chi connectivity index (χ1v) is 7.85. The number of H-pyrrole nitrogens is 1. The van der Waals surface area contributed by atoms with Crippen LogP contribution in [0.3, 0.4) is 0 Å². The van der Waals surface area contributed by atoms with Crippen molar-refractivity contribution in [3.05, 3.63) is 71.2 Å². The summed E-state index contributed by atoms with van der Waals surface area (Å²) in [5.74, 6) is -0.159. The molecule has 0 atom stereocenters. The van der Waals surface area contributed by atoms with E-state index in [-0.39, 0.29) is 18.2 Å². The molecule has 0 bridgehead atoms. The highest BCUT2D eigenvalue weighted by Gasteiger charge is 2.19. The summed E-state index contributed by atoms with van der Waals surface area (Å²) >= 11 is 0. The fourth-order valence-corrected chi connectivity index (χ4v) is 3.43. The van der Waals surface area contributed by atoms with E-state index in [1.807, 2.05) is 12.1 Å². The van der Waals surface area contributed by atoms with Crippen molar-refractivity contribution in [2.45, 2.75) is 25.9 Å². The molecule has 0 spiro atoms. The van der Waals surface area contributed by atoms with Gasteiger partial charge in [0, 0.05) is 29.7 Å². The van der Waals surface area contributed by atoms with Gasteiger partial charge in [-0.2, -0.15) is 0 Å². The second kappa shape index (κ2) is 6.73. The molecule has 4 rings (SSSR count). The highest BCUT2D eigenvalue weighted by Crippen LogP contribution is 2.28. The van der Waals surface area contributed by atoms with E-state index in [9.17, 15) is 4.39 Å². The number of halogens is 2. The normalized spacial score (nSPS) is 15.0. The lowest BCUT2D eigenvalue weighted by Crippen LogP contribution is -2.22. The van der Waals surface area contributed by atoms with Gasteiger partial charge in [0.2, 0.25) is 0 Å². The number of benzene rings is 2. The van der Waals surface area contributed by atoms with Gasteiger partial charge in [-0.3, -0.25) is 4.90 Å². The highest BCUT2D eigenvalue weighted by molar-refractivity contribution is 5.85. The minimum absolute atomic E-state index is 0. The van der Waals surface area contributed by atoms with Crippen LogP contribution in [0.15, 0.2) is 48.5 Å². The summed E-state index contributed by atoms with van der Waals surface area (Å²) in [6, 6.07) is 15.6. The molecule has 23 heavy (non-hydrogen) atoms. The minimum Gasteiger partial charge on any atom is -0.358 e. The molecule has 4 heteroatoms. The highest BCUT2D eigenvalue weighted by atomic mass is 35.5. The maximum atomic E-state index is 13.6. The average molecular weight is 331 g/mol. The molecule has 0 unspecified atom stereocenters.